The number of fused-ring (bicyclic) bond motifs is 1. The number of hydrogen-bond acceptors (Lipinski definition) is 7. The van der Waals surface area contributed by atoms with Gasteiger partial charge in [0.05, 0.1) is 23.4 Å². The summed E-state index contributed by atoms with van der Waals surface area (Å²) in [6.45, 7) is 0. The van der Waals surface area contributed by atoms with Crippen molar-refractivity contribution in [1.82, 2.24) is 15.2 Å². The zero-order valence-electron chi connectivity index (χ0n) is 15.3. The molecule has 10 nitrogen and oxygen atoms in total. The topological polar surface area (TPSA) is 133 Å². The quantitative estimate of drug-likeness (QED) is 0.309. The lowest BCUT2D eigenvalue weighted by Gasteiger charge is -2.10. The van der Waals surface area contributed by atoms with Gasteiger partial charge in [-0.1, -0.05) is 36.4 Å². The van der Waals surface area contributed by atoms with Gasteiger partial charge in [0, 0.05) is 5.39 Å². The average molecular weight is 403 g/mol. The van der Waals surface area contributed by atoms with E-state index in [1.807, 2.05) is 0 Å². The maximum atomic E-state index is 12.8. The van der Waals surface area contributed by atoms with Gasteiger partial charge in [-0.15, -0.1) is 0 Å². The fourth-order valence-electron chi connectivity index (χ4n) is 2.82. The normalized spacial score (nSPS) is 11.1. The zero-order valence-corrected chi connectivity index (χ0v) is 15.3. The van der Waals surface area contributed by atoms with Crippen LogP contribution in [0.4, 0.5) is 5.88 Å². The first-order valence-corrected chi connectivity index (χ1v) is 8.70. The number of aromatic nitrogens is 2. The van der Waals surface area contributed by atoms with Crippen LogP contribution in [0.2, 0.25) is 0 Å². The molecule has 2 aromatic carbocycles. The number of para-hydroxylation sites is 1. The van der Waals surface area contributed by atoms with Crippen molar-refractivity contribution in [3.8, 4) is 5.69 Å². The molecule has 4 aromatic rings. The summed E-state index contributed by atoms with van der Waals surface area (Å²) in [6.07, 6.45) is 1.13. The number of nitrogens with one attached hydrogen (secondary N) is 1. The van der Waals surface area contributed by atoms with Crippen molar-refractivity contribution >= 4 is 28.8 Å². The van der Waals surface area contributed by atoms with Crippen molar-refractivity contribution in [2.24, 2.45) is 5.10 Å². The fourth-order valence-corrected chi connectivity index (χ4v) is 2.82. The highest BCUT2D eigenvalue weighted by atomic mass is 16.6. The zero-order chi connectivity index (χ0) is 21.1. The Morgan fingerprint density at radius 3 is 2.47 bits per heavy atom. The molecule has 2 heterocycles. The Morgan fingerprint density at radius 2 is 1.77 bits per heavy atom. The van der Waals surface area contributed by atoms with Crippen molar-refractivity contribution in [3.05, 3.63) is 98.7 Å². The minimum absolute atomic E-state index is 0.00312. The van der Waals surface area contributed by atoms with E-state index < -0.39 is 16.7 Å². The molecule has 0 aliphatic rings. The summed E-state index contributed by atoms with van der Waals surface area (Å²) in [6, 6.07) is 17.9. The van der Waals surface area contributed by atoms with Crippen LogP contribution < -0.4 is 11.0 Å². The Kier molecular flexibility index (Phi) is 4.87. The van der Waals surface area contributed by atoms with Crippen LogP contribution in [0.25, 0.3) is 16.5 Å². The van der Waals surface area contributed by atoms with E-state index in [0.717, 1.165) is 10.9 Å². The third kappa shape index (κ3) is 3.56. The number of rotatable bonds is 5. The molecule has 1 N–H and O–H groups in total. The van der Waals surface area contributed by atoms with Crippen LogP contribution in [0.15, 0.2) is 81.0 Å². The number of furan rings is 1. The molecule has 0 spiro atoms. The molecule has 1 amide bonds. The second kappa shape index (κ2) is 7.80. The fraction of sp³-hybridized carbons (Fsp3) is 0. The Hall–Kier alpha value is -4.60. The van der Waals surface area contributed by atoms with Crippen LogP contribution in [0, 0.1) is 10.1 Å². The average Bonchev–Trinajstić information content (AvgIpc) is 3.24. The lowest BCUT2D eigenvalue weighted by Crippen LogP contribution is -2.28. The van der Waals surface area contributed by atoms with Gasteiger partial charge < -0.3 is 4.42 Å². The van der Waals surface area contributed by atoms with Gasteiger partial charge in [-0.05, 0) is 24.3 Å². The highest BCUT2D eigenvalue weighted by molar-refractivity contribution is 6.05. The van der Waals surface area contributed by atoms with E-state index in [2.05, 4.69) is 15.6 Å². The predicted molar refractivity (Wildman–Crippen MR) is 108 cm³/mol. The first-order chi connectivity index (χ1) is 14.5. The van der Waals surface area contributed by atoms with E-state index >= 15 is 0 Å². The number of amides is 1. The Labute approximate surface area is 168 Å². The molecule has 148 valence electrons. The summed E-state index contributed by atoms with van der Waals surface area (Å²) in [4.78, 5) is 35.5. The highest BCUT2D eigenvalue weighted by Crippen LogP contribution is 2.16. The molecular formula is C20H13N5O5. The number of nitrogens with zero attached hydrogens (tertiary/aromatic N) is 4. The van der Waals surface area contributed by atoms with Gasteiger partial charge in [0.1, 0.15) is 4.92 Å². The molecule has 4 rings (SSSR count). The van der Waals surface area contributed by atoms with Crippen LogP contribution in [0.1, 0.15) is 16.2 Å². The second-order valence-corrected chi connectivity index (χ2v) is 6.08. The van der Waals surface area contributed by atoms with Gasteiger partial charge in [0.15, 0.2) is 11.5 Å². The molecule has 0 bridgehead atoms. The molecular weight excluding hydrogens is 390 g/mol. The van der Waals surface area contributed by atoms with Crippen LogP contribution in [0.5, 0.6) is 0 Å². The predicted octanol–water partition coefficient (Wildman–Crippen LogP) is 2.65. The molecule has 0 saturated carbocycles. The van der Waals surface area contributed by atoms with Gasteiger partial charge >= 0.3 is 5.88 Å². The first kappa shape index (κ1) is 18.7. The molecule has 0 fully saturated rings. The first-order valence-electron chi connectivity index (χ1n) is 8.70. The number of benzene rings is 2. The van der Waals surface area contributed by atoms with Crippen molar-refractivity contribution in [2.75, 3.05) is 0 Å². The molecule has 0 aliphatic heterocycles. The van der Waals surface area contributed by atoms with Crippen molar-refractivity contribution in [2.45, 2.75) is 0 Å². The van der Waals surface area contributed by atoms with Crippen molar-refractivity contribution in [3.63, 3.8) is 0 Å². The van der Waals surface area contributed by atoms with Crippen LogP contribution in [-0.4, -0.2) is 26.8 Å². The minimum atomic E-state index is -0.682. The van der Waals surface area contributed by atoms with Gasteiger partial charge in [-0.25, -0.2) is 5.43 Å². The smallest absolute Gasteiger partial charge is 0.400 e. The second-order valence-electron chi connectivity index (χ2n) is 6.08. The van der Waals surface area contributed by atoms with Crippen molar-refractivity contribution in [1.29, 1.82) is 0 Å². The summed E-state index contributed by atoms with van der Waals surface area (Å²) in [5.74, 6) is -1.01. The van der Waals surface area contributed by atoms with Crippen LogP contribution in [0.3, 0.4) is 0 Å². The molecule has 10 heteroatoms. The maximum Gasteiger partial charge on any atom is 0.433 e. The van der Waals surface area contributed by atoms with E-state index in [1.54, 1.807) is 54.6 Å². The lowest BCUT2D eigenvalue weighted by atomic mass is 10.1. The molecule has 0 unspecified atom stereocenters. The Bertz CT molecular complexity index is 1340. The monoisotopic (exact) mass is 403 g/mol. The van der Waals surface area contributed by atoms with E-state index in [9.17, 15) is 19.7 Å². The number of carbonyl (C=O) groups is 1. The summed E-state index contributed by atoms with van der Waals surface area (Å²) in [5, 5.41) is 19.3. The largest absolute Gasteiger partial charge is 0.433 e. The van der Waals surface area contributed by atoms with Gasteiger partial charge in [-0.3, -0.25) is 19.7 Å². The molecule has 30 heavy (non-hydrogen) atoms. The number of hydrazone groups is 1. The summed E-state index contributed by atoms with van der Waals surface area (Å²) < 4.78 is 6.08. The van der Waals surface area contributed by atoms with E-state index in [0.29, 0.717) is 16.5 Å². The highest BCUT2D eigenvalue weighted by Gasteiger charge is 2.17. The van der Waals surface area contributed by atoms with Crippen LogP contribution >= 0.6 is 0 Å². The van der Waals surface area contributed by atoms with E-state index in [1.165, 1.54) is 12.1 Å². The molecule has 0 atom stereocenters. The maximum absolute atomic E-state index is 12.8. The molecule has 0 saturated heterocycles. The molecule has 0 aliphatic carbocycles. The third-order valence-electron chi connectivity index (χ3n) is 4.17. The number of hydrogen-bond donors (Lipinski definition) is 1. The standard InChI is InChI=1S/C20H13N5O5/c26-19(22-21-12-14-10-11-17(30-14)25(28)29)18-15-8-4-5-9-16(15)20(27)24(23-18)13-6-2-1-3-7-13/h1-12H,(H,22,26)/b21-12-. The third-order valence-corrected chi connectivity index (χ3v) is 4.17. The van der Waals surface area contributed by atoms with Crippen molar-refractivity contribution < 1.29 is 14.1 Å². The minimum Gasteiger partial charge on any atom is -0.400 e. The number of nitro groups is 1. The van der Waals surface area contributed by atoms with Crippen LogP contribution in [-0.2, 0) is 0 Å². The van der Waals surface area contributed by atoms with Gasteiger partial charge in [-0.2, -0.15) is 14.9 Å². The van der Waals surface area contributed by atoms with E-state index in [4.69, 9.17) is 4.42 Å². The van der Waals surface area contributed by atoms with E-state index in [-0.39, 0.29) is 17.0 Å². The SMILES string of the molecule is O=C(N/N=C\c1ccc([N+](=O)[O-])o1)c1nn(-c2ccccc2)c(=O)c2ccccc12. The summed E-state index contributed by atoms with van der Waals surface area (Å²) in [7, 11) is 0. The molecule has 0 radical (unpaired) electrons. The molecule has 2 aromatic heterocycles. The Morgan fingerprint density at radius 1 is 1.07 bits per heavy atom. The van der Waals surface area contributed by atoms with Gasteiger partial charge in [0.2, 0.25) is 0 Å². The van der Waals surface area contributed by atoms with Gasteiger partial charge in [0.25, 0.3) is 11.5 Å². The summed E-state index contributed by atoms with van der Waals surface area (Å²) >= 11 is 0. The lowest BCUT2D eigenvalue weighted by molar-refractivity contribution is -0.402. The number of carbonyl (C=O) groups excluding carboxylic acids is 1. The Balaban J connectivity index is 1.69. The summed E-state index contributed by atoms with van der Waals surface area (Å²) in [5.41, 5.74) is 2.44.